The molecule has 1 aliphatic carbocycles. The lowest BCUT2D eigenvalue weighted by molar-refractivity contribution is -0.140. The molecule has 0 aromatic heterocycles. The molecule has 0 amide bonds. The molecular formula is C19H21NO2. The fourth-order valence-corrected chi connectivity index (χ4v) is 2.58. The highest BCUT2D eigenvalue weighted by atomic mass is 16.5. The first-order valence-corrected chi connectivity index (χ1v) is 7.35. The summed E-state index contributed by atoms with van der Waals surface area (Å²) in [5, 5.41) is 0. The van der Waals surface area contributed by atoms with Crippen molar-refractivity contribution in [3.05, 3.63) is 65.3 Å². The quantitative estimate of drug-likeness (QED) is 0.790. The van der Waals surface area contributed by atoms with Gasteiger partial charge in [0.25, 0.3) is 0 Å². The molecule has 22 heavy (non-hydrogen) atoms. The SMILES string of the molecule is C/N=C1\C=CC=C\C1=C(/CCC(=O)OC)c1ccccc1C. The highest BCUT2D eigenvalue weighted by Crippen LogP contribution is 2.29. The van der Waals surface area contributed by atoms with Crippen LogP contribution in [0.15, 0.2) is 59.1 Å². The van der Waals surface area contributed by atoms with E-state index < -0.39 is 0 Å². The zero-order valence-corrected chi connectivity index (χ0v) is 13.3. The molecule has 0 unspecified atom stereocenters. The largest absolute Gasteiger partial charge is 0.469 e. The van der Waals surface area contributed by atoms with Crippen molar-refractivity contribution in [3.8, 4) is 0 Å². The van der Waals surface area contributed by atoms with Gasteiger partial charge in [0.1, 0.15) is 0 Å². The minimum atomic E-state index is -0.197. The molecule has 114 valence electrons. The molecule has 0 saturated heterocycles. The number of allylic oxidation sites excluding steroid dienone is 6. The molecule has 3 nitrogen and oxygen atoms in total. The zero-order chi connectivity index (χ0) is 15.9. The first-order chi connectivity index (χ1) is 10.7. The fraction of sp³-hybridized carbons (Fsp3) is 0.263. The molecule has 1 aromatic carbocycles. The topological polar surface area (TPSA) is 38.7 Å². The van der Waals surface area contributed by atoms with Crippen LogP contribution in [0, 0.1) is 6.92 Å². The Bertz CT molecular complexity index is 678. The second-order valence-corrected chi connectivity index (χ2v) is 5.11. The van der Waals surface area contributed by atoms with Crippen LogP contribution >= 0.6 is 0 Å². The molecule has 0 radical (unpaired) electrons. The monoisotopic (exact) mass is 295 g/mol. The van der Waals surface area contributed by atoms with Gasteiger partial charge < -0.3 is 4.74 Å². The Hall–Kier alpha value is -2.42. The first kappa shape index (κ1) is 16.0. The lowest BCUT2D eigenvalue weighted by atomic mass is 9.89. The third-order valence-electron chi connectivity index (χ3n) is 3.75. The molecule has 0 N–H and O–H groups in total. The van der Waals surface area contributed by atoms with E-state index in [1.54, 1.807) is 7.05 Å². The van der Waals surface area contributed by atoms with E-state index in [2.05, 4.69) is 30.1 Å². The van der Waals surface area contributed by atoms with Crippen LogP contribution in [0.3, 0.4) is 0 Å². The number of hydrogen-bond acceptors (Lipinski definition) is 3. The smallest absolute Gasteiger partial charge is 0.305 e. The standard InChI is InChI=1S/C19H21NO2/c1-14-8-4-5-9-15(14)16(12-13-19(21)22-3)17-10-6-7-11-18(17)20-2/h4-11H,12-13H2,1-3H3/b17-16-,20-18+. The number of benzene rings is 1. The van der Waals surface area contributed by atoms with Crippen LogP contribution in [0.4, 0.5) is 0 Å². The highest BCUT2D eigenvalue weighted by Gasteiger charge is 2.15. The third-order valence-corrected chi connectivity index (χ3v) is 3.75. The van der Waals surface area contributed by atoms with Crippen LogP contribution in [0.1, 0.15) is 24.0 Å². The highest BCUT2D eigenvalue weighted by molar-refractivity contribution is 6.16. The van der Waals surface area contributed by atoms with E-state index in [9.17, 15) is 4.79 Å². The van der Waals surface area contributed by atoms with Crippen LogP contribution in [0.5, 0.6) is 0 Å². The van der Waals surface area contributed by atoms with Crippen molar-refractivity contribution in [3.63, 3.8) is 0 Å². The number of methoxy groups -OCH3 is 1. The summed E-state index contributed by atoms with van der Waals surface area (Å²) in [6.45, 7) is 2.08. The summed E-state index contributed by atoms with van der Waals surface area (Å²) in [6, 6.07) is 8.21. The molecule has 0 heterocycles. The van der Waals surface area contributed by atoms with Crippen molar-refractivity contribution in [2.45, 2.75) is 19.8 Å². The number of rotatable bonds is 4. The molecule has 1 aromatic rings. The minimum absolute atomic E-state index is 0.197. The van der Waals surface area contributed by atoms with Gasteiger partial charge in [0.2, 0.25) is 0 Å². The van der Waals surface area contributed by atoms with Crippen molar-refractivity contribution >= 4 is 17.3 Å². The van der Waals surface area contributed by atoms with Crippen molar-refractivity contribution in [1.29, 1.82) is 0 Å². The summed E-state index contributed by atoms with van der Waals surface area (Å²) in [4.78, 5) is 15.9. The summed E-state index contributed by atoms with van der Waals surface area (Å²) < 4.78 is 4.78. The van der Waals surface area contributed by atoms with Gasteiger partial charge in [-0.15, -0.1) is 0 Å². The summed E-state index contributed by atoms with van der Waals surface area (Å²) in [5.74, 6) is -0.197. The number of nitrogens with zero attached hydrogens (tertiary/aromatic N) is 1. The van der Waals surface area contributed by atoms with Crippen molar-refractivity contribution in [2.24, 2.45) is 4.99 Å². The number of carbonyl (C=O) groups excluding carboxylic acids is 1. The van der Waals surface area contributed by atoms with Crippen molar-refractivity contribution < 1.29 is 9.53 Å². The van der Waals surface area contributed by atoms with Gasteiger partial charge in [0.15, 0.2) is 0 Å². The van der Waals surface area contributed by atoms with Crippen LogP contribution in [0.25, 0.3) is 5.57 Å². The number of hydrogen-bond donors (Lipinski definition) is 0. The van der Waals surface area contributed by atoms with Gasteiger partial charge in [-0.2, -0.15) is 0 Å². The van der Waals surface area contributed by atoms with Crippen LogP contribution in [-0.2, 0) is 9.53 Å². The predicted octanol–water partition coefficient (Wildman–Crippen LogP) is 3.90. The van der Waals surface area contributed by atoms with Gasteiger partial charge >= 0.3 is 5.97 Å². The first-order valence-electron chi connectivity index (χ1n) is 7.35. The Kier molecular flexibility index (Phi) is 5.48. The van der Waals surface area contributed by atoms with Gasteiger partial charge in [-0.3, -0.25) is 9.79 Å². The van der Waals surface area contributed by atoms with Crippen LogP contribution in [0.2, 0.25) is 0 Å². The molecule has 0 aliphatic heterocycles. The van der Waals surface area contributed by atoms with Gasteiger partial charge in [0.05, 0.1) is 12.8 Å². The summed E-state index contributed by atoms with van der Waals surface area (Å²) in [6.07, 6.45) is 9.01. The molecule has 0 fully saturated rings. The van der Waals surface area contributed by atoms with Gasteiger partial charge in [-0.25, -0.2) is 0 Å². The minimum Gasteiger partial charge on any atom is -0.469 e. The van der Waals surface area contributed by atoms with Crippen LogP contribution in [-0.4, -0.2) is 25.8 Å². The Labute approximate surface area is 131 Å². The van der Waals surface area contributed by atoms with E-state index in [-0.39, 0.29) is 5.97 Å². The van der Waals surface area contributed by atoms with E-state index in [0.29, 0.717) is 12.8 Å². The number of esters is 1. The lowest BCUT2D eigenvalue weighted by Crippen LogP contribution is -2.07. The molecule has 0 bridgehead atoms. The lowest BCUT2D eigenvalue weighted by Gasteiger charge is -2.17. The zero-order valence-electron chi connectivity index (χ0n) is 13.3. The summed E-state index contributed by atoms with van der Waals surface area (Å²) >= 11 is 0. The van der Waals surface area contributed by atoms with E-state index in [0.717, 1.165) is 22.4 Å². The van der Waals surface area contributed by atoms with E-state index >= 15 is 0 Å². The predicted molar refractivity (Wildman–Crippen MR) is 91.0 cm³/mol. The number of aliphatic imine (C=N–C) groups is 1. The number of aryl methyl sites for hydroxylation is 1. The fourth-order valence-electron chi connectivity index (χ4n) is 2.58. The Morgan fingerprint density at radius 2 is 1.86 bits per heavy atom. The Morgan fingerprint density at radius 3 is 2.55 bits per heavy atom. The normalized spacial score (nSPS) is 17.7. The Morgan fingerprint density at radius 1 is 1.14 bits per heavy atom. The average molecular weight is 295 g/mol. The van der Waals surface area contributed by atoms with Gasteiger partial charge in [-0.05, 0) is 36.1 Å². The maximum atomic E-state index is 11.6. The second kappa shape index (κ2) is 7.55. The summed E-state index contributed by atoms with van der Waals surface area (Å²) in [5.41, 5.74) is 5.48. The van der Waals surface area contributed by atoms with E-state index in [1.165, 1.54) is 12.7 Å². The number of ether oxygens (including phenoxy) is 1. The van der Waals surface area contributed by atoms with Gasteiger partial charge in [0, 0.05) is 19.0 Å². The third kappa shape index (κ3) is 3.61. The molecule has 1 aliphatic rings. The molecular weight excluding hydrogens is 274 g/mol. The molecule has 3 heteroatoms. The molecule has 2 rings (SSSR count). The average Bonchev–Trinajstić information content (AvgIpc) is 2.56. The summed E-state index contributed by atoms with van der Waals surface area (Å²) in [7, 11) is 3.21. The Balaban J connectivity index is 2.51. The molecule has 0 spiro atoms. The van der Waals surface area contributed by atoms with E-state index in [4.69, 9.17) is 4.74 Å². The molecule has 0 saturated carbocycles. The van der Waals surface area contributed by atoms with E-state index in [1.807, 2.05) is 30.4 Å². The van der Waals surface area contributed by atoms with Crippen molar-refractivity contribution in [1.82, 2.24) is 0 Å². The number of carbonyl (C=O) groups is 1. The molecule has 0 atom stereocenters. The van der Waals surface area contributed by atoms with Crippen molar-refractivity contribution in [2.75, 3.05) is 14.2 Å². The van der Waals surface area contributed by atoms with Gasteiger partial charge in [-0.1, -0.05) is 42.5 Å². The second-order valence-electron chi connectivity index (χ2n) is 5.11. The van der Waals surface area contributed by atoms with Crippen LogP contribution < -0.4 is 0 Å². The maximum Gasteiger partial charge on any atom is 0.305 e. The maximum absolute atomic E-state index is 11.6.